The molecule has 0 bridgehead atoms. The zero-order chi connectivity index (χ0) is 18.9. The Morgan fingerprint density at radius 3 is 2.44 bits per heavy atom. The molecule has 0 aliphatic heterocycles. The average Bonchev–Trinajstić information content (AvgIpc) is 3.11. The first-order valence-electron chi connectivity index (χ1n) is 9.69. The predicted molar refractivity (Wildman–Crippen MR) is 109 cm³/mol. The number of sulfonamides is 1. The summed E-state index contributed by atoms with van der Waals surface area (Å²) in [6.45, 7) is 1.96. The molecular weight excluding hydrogens is 356 g/mol. The molecule has 4 rings (SSSR count). The van der Waals surface area contributed by atoms with E-state index in [9.17, 15) is 8.42 Å². The van der Waals surface area contributed by atoms with Gasteiger partial charge in [0, 0.05) is 17.1 Å². The molecule has 1 aromatic heterocycles. The van der Waals surface area contributed by atoms with Crippen LogP contribution in [0.5, 0.6) is 0 Å². The fourth-order valence-electron chi connectivity index (χ4n) is 4.19. The Bertz CT molecular complexity index is 1020. The van der Waals surface area contributed by atoms with Crippen LogP contribution in [0, 0.1) is 12.8 Å². The highest BCUT2D eigenvalue weighted by molar-refractivity contribution is 7.89. The van der Waals surface area contributed by atoms with Gasteiger partial charge in [0.1, 0.15) is 0 Å². The highest BCUT2D eigenvalue weighted by Gasteiger charge is 2.31. The SMILES string of the molecule is Cc1ccc(S(=O)(=O)N[C@H](c2c[nH]c3ccccc23)C2CCCCC2)cc1. The van der Waals surface area contributed by atoms with E-state index in [0.29, 0.717) is 10.8 Å². The third kappa shape index (κ3) is 3.80. The van der Waals surface area contributed by atoms with Crippen molar-refractivity contribution in [3.8, 4) is 0 Å². The minimum Gasteiger partial charge on any atom is -0.361 e. The van der Waals surface area contributed by atoms with Gasteiger partial charge in [0.05, 0.1) is 10.9 Å². The van der Waals surface area contributed by atoms with Crippen LogP contribution in [0.15, 0.2) is 59.6 Å². The van der Waals surface area contributed by atoms with Gasteiger partial charge in [-0.3, -0.25) is 0 Å². The number of fused-ring (bicyclic) bond motifs is 1. The van der Waals surface area contributed by atoms with Gasteiger partial charge in [0.15, 0.2) is 0 Å². The summed E-state index contributed by atoms with van der Waals surface area (Å²) in [5.74, 6) is 0.318. The van der Waals surface area contributed by atoms with E-state index in [1.54, 1.807) is 12.1 Å². The molecule has 0 amide bonds. The first kappa shape index (κ1) is 18.3. The van der Waals surface area contributed by atoms with Crippen molar-refractivity contribution in [1.29, 1.82) is 0 Å². The number of benzene rings is 2. The van der Waals surface area contributed by atoms with Gasteiger partial charge in [0.2, 0.25) is 10.0 Å². The monoisotopic (exact) mass is 382 g/mol. The quantitative estimate of drug-likeness (QED) is 0.647. The second kappa shape index (κ2) is 7.49. The summed E-state index contributed by atoms with van der Waals surface area (Å²) in [5, 5.41) is 1.10. The average molecular weight is 383 g/mol. The van der Waals surface area contributed by atoms with Crippen molar-refractivity contribution >= 4 is 20.9 Å². The minimum atomic E-state index is -3.58. The molecule has 0 unspecified atom stereocenters. The molecule has 0 spiro atoms. The zero-order valence-electron chi connectivity index (χ0n) is 15.6. The van der Waals surface area contributed by atoms with Crippen molar-refractivity contribution < 1.29 is 8.42 Å². The number of H-pyrrole nitrogens is 1. The van der Waals surface area contributed by atoms with E-state index in [1.165, 1.54) is 6.42 Å². The number of aromatic amines is 1. The van der Waals surface area contributed by atoms with Crippen LogP contribution < -0.4 is 4.72 Å². The summed E-state index contributed by atoms with van der Waals surface area (Å²) in [7, 11) is -3.58. The summed E-state index contributed by atoms with van der Waals surface area (Å²) in [6, 6.07) is 14.9. The highest BCUT2D eigenvalue weighted by atomic mass is 32.2. The smallest absolute Gasteiger partial charge is 0.241 e. The van der Waals surface area contributed by atoms with Crippen molar-refractivity contribution in [3.05, 3.63) is 65.9 Å². The van der Waals surface area contributed by atoms with E-state index in [-0.39, 0.29) is 6.04 Å². The van der Waals surface area contributed by atoms with E-state index in [1.807, 2.05) is 43.5 Å². The van der Waals surface area contributed by atoms with Crippen molar-refractivity contribution in [1.82, 2.24) is 9.71 Å². The predicted octanol–water partition coefficient (Wildman–Crippen LogP) is 5.08. The normalized spacial score (nSPS) is 17.2. The lowest BCUT2D eigenvalue weighted by Crippen LogP contribution is -2.34. The Kier molecular flexibility index (Phi) is 5.06. The second-order valence-corrected chi connectivity index (χ2v) is 9.31. The molecule has 1 heterocycles. The van der Waals surface area contributed by atoms with Crippen molar-refractivity contribution in [2.75, 3.05) is 0 Å². The molecule has 4 nitrogen and oxygen atoms in total. The fourth-order valence-corrected chi connectivity index (χ4v) is 5.47. The van der Waals surface area contributed by atoms with E-state index in [0.717, 1.165) is 47.7 Å². The lowest BCUT2D eigenvalue weighted by atomic mass is 9.81. The number of aromatic nitrogens is 1. The molecule has 1 atom stereocenters. The van der Waals surface area contributed by atoms with E-state index in [4.69, 9.17) is 0 Å². The minimum absolute atomic E-state index is 0.215. The maximum absolute atomic E-state index is 13.1. The summed E-state index contributed by atoms with van der Waals surface area (Å²) >= 11 is 0. The van der Waals surface area contributed by atoms with Crippen LogP contribution in [-0.4, -0.2) is 13.4 Å². The van der Waals surface area contributed by atoms with Gasteiger partial charge in [-0.2, -0.15) is 0 Å². The van der Waals surface area contributed by atoms with Crippen LogP contribution in [0.25, 0.3) is 10.9 Å². The molecule has 142 valence electrons. The maximum Gasteiger partial charge on any atom is 0.241 e. The molecule has 2 N–H and O–H groups in total. The third-order valence-electron chi connectivity index (χ3n) is 5.69. The van der Waals surface area contributed by atoms with Gasteiger partial charge in [-0.05, 0) is 49.4 Å². The van der Waals surface area contributed by atoms with Gasteiger partial charge in [-0.1, -0.05) is 55.2 Å². The van der Waals surface area contributed by atoms with E-state index < -0.39 is 10.0 Å². The fraction of sp³-hybridized carbons (Fsp3) is 0.364. The first-order valence-corrected chi connectivity index (χ1v) is 11.2. The summed E-state index contributed by atoms with van der Waals surface area (Å²) in [5.41, 5.74) is 3.14. The Morgan fingerprint density at radius 1 is 1.00 bits per heavy atom. The molecule has 0 radical (unpaired) electrons. The number of rotatable bonds is 5. The van der Waals surface area contributed by atoms with Gasteiger partial charge in [0.25, 0.3) is 0 Å². The third-order valence-corrected chi connectivity index (χ3v) is 7.15. The van der Waals surface area contributed by atoms with E-state index in [2.05, 4.69) is 15.8 Å². The number of hydrogen-bond donors (Lipinski definition) is 2. The Morgan fingerprint density at radius 2 is 1.70 bits per heavy atom. The number of aryl methyl sites for hydroxylation is 1. The van der Waals surface area contributed by atoms with Crippen molar-refractivity contribution in [3.63, 3.8) is 0 Å². The van der Waals surface area contributed by atoms with Crippen LogP contribution in [0.4, 0.5) is 0 Å². The lowest BCUT2D eigenvalue weighted by Gasteiger charge is -2.31. The van der Waals surface area contributed by atoms with Crippen LogP contribution >= 0.6 is 0 Å². The topological polar surface area (TPSA) is 62.0 Å². The summed E-state index contributed by atoms with van der Waals surface area (Å²) < 4.78 is 29.3. The Hall–Kier alpha value is -2.11. The maximum atomic E-state index is 13.1. The van der Waals surface area contributed by atoms with Crippen LogP contribution in [0.1, 0.15) is 49.3 Å². The number of nitrogens with one attached hydrogen (secondary N) is 2. The Labute approximate surface area is 161 Å². The molecule has 3 aromatic rings. The van der Waals surface area contributed by atoms with Crippen LogP contribution in [0.3, 0.4) is 0 Å². The molecule has 0 saturated heterocycles. The summed E-state index contributed by atoms with van der Waals surface area (Å²) in [4.78, 5) is 3.63. The standard InChI is InChI=1S/C22H26N2O2S/c1-16-11-13-18(14-12-16)27(25,26)24-22(17-7-3-2-4-8-17)20-15-23-21-10-6-5-9-19(20)21/h5-6,9-15,17,22-24H,2-4,7-8H2,1H3/t22-/m0/s1. The Balaban J connectivity index is 1.73. The second-order valence-electron chi connectivity index (χ2n) is 7.60. The first-order chi connectivity index (χ1) is 13.0. The lowest BCUT2D eigenvalue weighted by molar-refractivity contribution is 0.295. The van der Waals surface area contributed by atoms with Crippen LogP contribution in [-0.2, 0) is 10.0 Å². The van der Waals surface area contributed by atoms with Gasteiger partial charge >= 0.3 is 0 Å². The number of hydrogen-bond acceptors (Lipinski definition) is 2. The highest BCUT2D eigenvalue weighted by Crippen LogP contribution is 2.38. The number of para-hydroxylation sites is 1. The molecule has 1 fully saturated rings. The molecule has 2 aromatic carbocycles. The molecule has 1 aliphatic rings. The van der Waals surface area contributed by atoms with Crippen LogP contribution in [0.2, 0.25) is 0 Å². The molecule has 5 heteroatoms. The van der Waals surface area contributed by atoms with Gasteiger partial charge < -0.3 is 4.98 Å². The van der Waals surface area contributed by atoms with E-state index >= 15 is 0 Å². The van der Waals surface area contributed by atoms with Gasteiger partial charge in [-0.25, -0.2) is 13.1 Å². The van der Waals surface area contributed by atoms with Crippen molar-refractivity contribution in [2.24, 2.45) is 5.92 Å². The summed E-state index contributed by atoms with van der Waals surface area (Å²) in [6.07, 6.45) is 7.65. The zero-order valence-corrected chi connectivity index (χ0v) is 16.4. The van der Waals surface area contributed by atoms with Gasteiger partial charge in [-0.15, -0.1) is 0 Å². The molecule has 27 heavy (non-hydrogen) atoms. The molecular formula is C22H26N2O2S. The molecule has 1 saturated carbocycles. The van der Waals surface area contributed by atoms with Crippen molar-refractivity contribution in [2.45, 2.75) is 50.0 Å². The molecule has 1 aliphatic carbocycles. The largest absolute Gasteiger partial charge is 0.361 e.